The van der Waals surface area contributed by atoms with Gasteiger partial charge in [0.2, 0.25) is 11.5 Å². The SMILES string of the molecule is COc1c(O)cc2c(c1O)C(=O)[C@H](O)[C@@H](c1ccc(O)cc1)O2. The maximum absolute atomic E-state index is 12.4. The minimum atomic E-state index is -1.55. The monoisotopic (exact) mass is 318 g/mol. The lowest BCUT2D eigenvalue weighted by Crippen LogP contribution is -2.36. The number of ether oxygens (including phenoxy) is 2. The Hall–Kier alpha value is -2.93. The second-order valence-corrected chi connectivity index (χ2v) is 5.09. The topological polar surface area (TPSA) is 116 Å². The number of hydrogen-bond donors (Lipinski definition) is 4. The van der Waals surface area contributed by atoms with Crippen LogP contribution in [0.5, 0.6) is 28.7 Å². The van der Waals surface area contributed by atoms with Gasteiger partial charge in [0, 0.05) is 6.07 Å². The van der Waals surface area contributed by atoms with Gasteiger partial charge >= 0.3 is 0 Å². The van der Waals surface area contributed by atoms with Crippen LogP contribution in [-0.2, 0) is 0 Å². The van der Waals surface area contributed by atoms with Crippen LogP contribution in [0.15, 0.2) is 30.3 Å². The van der Waals surface area contributed by atoms with Gasteiger partial charge in [-0.1, -0.05) is 12.1 Å². The number of ketones is 1. The van der Waals surface area contributed by atoms with Gasteiger partial charge in [-0.2, -0.15) is 0 Å². The molecule has 0 spiro atoms. The van der Waals surface area contributed by atoms with Crippen molar-refractivity contribution < 1.29 is 34.7 Å². The molecule has 2 atom stereocenters. The summed E-state index contributed by atoms with van der Waals surface area (Å²) in [6.07, 6.45) is -2.57. The van der Waals surface area contributed by atoms with Gasteiger partial charge in [0.05, 0.1) is 7.11 Å². The lowest BCUT2D eigenvalue weighted by molar-refractivity contribution is 0.0209. The average Bonchev–Trinajstić information content (AvgIpc) is 2.52. The van der Waals surface area contributed by atoms with E-state index in [1.54, 1.807) is 0 Å². The quantitative estimate of drug-likeness (QED) is 0.663. The Kier molecular flexibility index (Phi) is 3.49. The molecule has 0 fully saturated rings. The molecule has 3 rings (SSSR count). The Balaban J connectivity index is 2.09. The Bertz CT molecular complexity index is 767. The highest BCUT2D eigenvalue weighted by Gasteiger charge is 2.40. The number of hydrogen-bond acceptors (Lipinski definition) is 7. The molecule has 0 saturated carbocycles. The summed E-state index contributed by atoms with van der Waals surface area (Å²) in [5.41, 5.74) is 0.214. The number of aromatic hydroxyl groups is 3. The zero-order valence-electron chi connectivity index (χ0n) is 12.1. The number of benzene rings is 2. The highest BCUT2D eigenvalue weighted by atomic mass is 16.5. The van der Waals surface area contributed by atoms with Crippen molar-refractivity contribution in [3.05, 3.63) is 41.5 Å². The van der Waals surface area contributed by atoms with Gasteiger partial charge in [-0.25, -0.2) is 0 Å². The molecular weight excluding hydrogens is 304 g/mol. The molecule has 23 heavy (non-hydrogen) atoms. The van der Waals surface area contributed by atoms with Gasteiger partial charge in [-0.05, 0) is 17.7 Å². The van der Waals surface area contributed by atoms with E-state index in [1.165, 1.54) is 31.4 Å². The molecule has 7 nitrogen and oxygen atoms in total. The largest absolute Gasteiger partial charge is 0.508 e. The smallest absolute Gasteiger partial charge is 0.203 e. The number of fused-ring (bicyclic) bond motifs is 1. The van der Waals surface area contributed by atoms with E-state index in [0.717, 1.165) is 6.07 Å². The van der Waals surface area contributed by atoms with E-state index in [0.29, 0.717) is 5.56 Å². The summed E-state index contributed by atoms with van der Waals surface area (Å²) in [6, 6.07) is 6.95. The van der Waals surface area contributed by atoms with Crippen LogP contribution in [0.3, 0.4) is 0 Å². The summed E-state index contributed by atoms with van der Waals surface area (Å²) >= 11 is 0. The number of rotatable bonds is 2. The fourth-order valence-electron chi connectivity index (χ4n) is 2.55. The summed E-state index contributed by atoms with van der Waals surface area (Å²) in [5, 5.41) is 39.4. The van der Waals surface area contributed by atoms with Crippen LogP contribution in [0.1, 0.15) is 22.0 Å². The number of carbonyl (C=O) groups excluding carboxylic acids is 1. The van der Waals surface area contributed by atoms with Crippen molar-refractivity contribution in [2.45, 2.75) is 12.2 Å². The molecule has 0 saturated heterocycles. The molecule has 4 N–H and O–H groups in total. The first-order valence-corrected chi connectivity index (χ1v) is 6.74. The fourth-order valence-corrected chi connectivity index (χ4v) is 2.55. The highest BCUT2D eigenvalue weighted by molar-refractivity contribution is 6.06. The van der Waals surface area contributed by atoms with E-state index in [2.05, 4.69) is 0 Å². The predicted octanol–water partition coefficient (Wildman–Crippen LogP) is 1.49. The summed E-state index contributed by atoms with van der Waals surface area (Å²) < 4.78 is 10.4. The summed E-state index contributed by atoms with van der Waals surface area (Å²) in [7, 11) is 1.23. The van der Waals surface area contributed by atoms with Crippen LogP contribution in [-0.4, -0.2) is 39.4 Å². The lowest BCUT2D eigenvalue weighted by Gasteiger charge is -2.30. The third-order valence-corrected chi connectivity index (χ3v) is 3.68. The zero-order chi connectivity index (χ0) is 16.7. The maximum atomic E-state index is 12.4. The predicted molar refractivity (Wildman–Crippen MR) is 78.1 cm³/mol. The second-order valence-electron chi connectivity index (χ2n) is 5.09. The Morgan fingerprint density at radius 1 is 1.13 bits per heavy atom. The van der Waals surface area contributed by atoms with Crippen molar-refractivity contribution in [2.75, 3.05) is 7.11 Å². The normalized spacial score (nSPS) is 19.8. The molecule has 1 heterocycles. The molecule has 120 valence electrons. The second kappa shape index (κ2) is 5.36. The van der Waals surface area contributed by atoms with E-state index >= 15 is 0 Å². The maximum Gasteiger partial charge on any atom is 0.203 e. The number of Topliss-reactive ketones (excluding diaryl/α,β-unsaturated/α-hetero) is 1. The molecular formula is C16H14O7. The summed E-state index contributed by atoms with van der Waals surface area (Å²) in [6.45, 7) is 0. The number of aliphatic hydroxyl groups excluding tert-OH is 1. The molecule has 0 aromatic heterocycles. The minimum absolute atomic E-state index is 0.0331. The first kappa shape index (κ1) is 15.0. The molecule has 0 bridgehead atoms. The van der Waals surface area contributed by atoms with E-state index in [9.17, 15) is 25.2 Å². The van der Waals surface area contributed by atoms with Crippen molar-refractivity contribution in [1.29, 1.82) is 0 Å². The fraction of sp³-hybridized carbons (Fsp3) is 0.188. The Labute approximate surface area is 131 Å². The first-order chi connectivity index (χ1) is 10.9. The van der Waals surface area contributed by atoms with Crippen LogP contribution < -0.4 is 9.47 Å². The van der Waals surface area contributed by atoms with E-state index < -0.39 is 29.5 Å². The minimum Gasteiger partial charge on any atom is -0.508 e. The van der Waals surface area contributed by atoms with E-state index in [-0.39, 0.29) is 22.8 Å². The Morgan fingerprint density at radius 2 is 1.78 bits per heavy atom. The van der Waals surface area contributed by atoms with Gasteiger partial charge < -0.3 is 29.9 Å². The van der Waals surface area contributed by atoms with Gasteiger partial charge in [-0.15, -0.1) is 0 Å². The van der Waals surface area contributed by atoms with Crippen LogP contribution in [0.4, 0.5) is 0 Å². The molecule has 0 aliphatic carbocycles. The molecule has 7 heteroatoms. The first-order valence-electron chi connectivity index (χ1n) is 6.74. The van der Waals surface area contributed by atoms with Gasteiger partial charge in [-0.3, -0.25) is 4.79 Å². The average molecular weight is 318 g/mol. The van der Waals surface area contributed by atoms with Gasteiger partial charge in [0.1, 0.15) is 17.1 Å². The third kappa shape index (κ3) is 2.31. The molecule has 0 unspecified atom stereocenters. The van der Waals surface area contributed by atoms with Crippen molar-refractivity contribution in [1.82, 2.24) is 0 Å². The van der Waals surface area contributed by atoms with Gasteiger partial charge in [0.15, 0.2) is 23.7 Å². The van der Waals surface area contributed by atoms with Crippen LogP contribution >= 0.6 is 0 Å². The van der Waals surface area contributed by atoms with Crippen molar-refractivity contribution in [2.24, 2.45) is 0 Å². The van der Waals surface area contributed by atoms with Crippen molar-refractivity contribution >= 4 is 5.78 Å². The number of phenols is 3. The Morgan fingerprint density at radius 3 is 2.39 bits per heavy atom. The molecule has 1 aliphatic rings. The van der Waals surface area contributed by atoms with E-state index in [1.807, 2.05) is 0 Å². The van der Waals surface area contributed by atoms with Crippen molar-refractivity contribution in [3.8, 4) is 28.7 Å². The number of aliphatic hydroxyl groups is 1. The summed E-state index contributed by atoms with van der Waals surface area (Å²) in [5.74, 6) is -2.02. The molecule has 2 aromatic carbocycles. The third-order valence-electron chi connectivity index (χ3n) is 3.68. The molecule has 0 amide bonds. The highest BCUT2D eigenvalue weighted by Crippen LogP contribution is 2.48. The van der Waals surface area contributed by atoms with Crippen LogP contribution in [0.2, 0.25) is 0 Å². The summed E-state index contributed by atoms with van der Waals surface area (Å²) in [4.78, 5) is 12.4. The molecule has 2 aromatic rings. The van der Waals surface area contributed by atoms with Crippen molar-refractivity contribution in [3.63, 3.8) is 0 Å². The number of carbonyl (C=O) groups is 1. The van der Waals surface area contributed by atoms with Crippen LogP contribution in [0, 0.1) is 0 Å². The number of phenolic OH excluding ortho intramolecular Hbond substituents is 3. The lowest BCUT2D eigenvalue weighted by atomic mass is 9.92. The molecule has 0 radical (unpaired) electrons. The van der Waals surface area contributed by atoms with Crippen LogP contribution in [0.25, 0.3) is 0 Å². The zero-order valence-corrected chi connectivity index (χ0v) is 12.1. The van der Waals surface area contributed by atoms with E-state index in [4.69, 9.17) is 9.47 Å². The molecule has 1 aliphatic heterocycles. The van der Waals surface area contributed by atoms with Gasteiger partial charge in [0.25, 0.3) is 0 Å². The standard InChI is InChI=1S/C16H14O7/c1-22-16-9(18)6-10-11(13(16)20)12(19)14(21)15(23-10)7-2-4-8(17)5-3-7/h2-6,14-15,17-18,20-21H,1H3/t14-,15+/m0/s1. The number of methoxy groups -OCH3 is 1.